The predicted octanol–water partition coefficient (Wildman–Crippen LogP) is 4.35. The highest BCUT2D eigenvalue weighted by atomic mass is 32.2. The van der Waals surface area contributed by atoms with Crippen molar-refractivity contribution in [2.24, 2.45) is 0 Å². The number of piperazine rings is 1. The van der Waals surface area contributed by atoms with Gasteiger partial charge in [-0.2, -0.15) is 4.31 Å². The molecule has 8 nitrogen and oxygen atoms in total. The topological polar surface area (TPSA) is 104 Å². The molecule has 0 radical (unpaired) electrons. The van der Waals surface area contributed by atoms with E-state index in [4.69, 9.17) is 4.74 Å². The molecule has 1 aliphatic rings. The zero-order valence-corrected chi connectivity index (χ0v) is 24.1. The van der Waals surface area contributed by atoms with E-state index in [0.29, 0.717) is 16.9 Å². The van der Waals surface area contributed by atoms with Gasteiger partial charge in [0.15, 0.2) is 5.54 Å². The summed E-state index contributed by atoms with van der Waals surface area (Å²) in [4.78, 5) is 28.5. The number of carbonyl (C=O) groups excluding carboxylic acids is 1. The summed E-state index contributed by atoms with van der Waals surface area (Å²) in [6.45, 7) is 5.66. The number of hydrogen-bond acceptors (Lipinski definition) is 5. The molecule has 1 unspecified atom stereocenters. The zero-order chi connectivity index (χ0) is 29.1. The molecular formula is C31H36N2O6S. The molecule has 1 aliphatic heterocycles. The van der Waals surface area contributed by atoms with Crippen LogP contribution in [-0.2, 0) is 32.4 Å². The molecule has 0 saturated carbocycles. The minimum atomic E-state index is -3.87. The summed E-state index contributed by atoms with van der Waals surface area (Å²) in [5.74, 6) is -1.47. The van der Waals surface area contributed by atoms with Gasteiger partial charge >= 0.3 is 5.97 Å². The first-order chi connectivity index (χ1) is 18.9. The molecule has 0 aromatic heterocycles. The molecule has 1 heterocycles. The molecule has 0 bridgehead atoms. The Morgan fingerprint density at radius 2 is 1.52 bits per heavy atom. The lowest BCUT2D eigenvalue weighted by molar-refractivity contribution is -0.152. The lowest BCUT2D eigenvalue weighted by Gasteiger charge is -2.47. The van der Waals surface area contributed by atoms with E-state index in [1.807, 2.05) is 32.9 Å². The van der Waals surface area contributed by atoms with Gasteiger partial charge in [0.1, 0.15) is 5.75 Å². The summed E-state index contributed by atoms with van der Waals surface area (Å²) in [6.07, 6.45) is -0.0521. The summed E-state index contributed by atoms with van der Waals surface area (Å²) in [6, 6.07) is 22.9. The summed E-state index contributed by atoms with van der Waals surface area (Å²) in [5.41, 5.74) is 0.433. The Morgan fingerprint density at radius 1 is 0.925 bits per heavy atom. The number of hydrogen-bond donors (Lipinski definition) is 1. The number of carboxylic acid groups (broad SMARTS) is 1. The van der Waals surface area contributed by atoms with E-state index in [-0.39, 0.29) is 42.8 Å². The van der Waals surface area contributed by atoms with Crippen molar-refractivity contribution >= 4 is 21.9 Å². The molecule has 1 saturated heterocycles. The summed E-state index contributed by atoms with van der Waals surface area (Å²) >= 11 is 0. The van der Waals surface area contributed by atoms with Gasteiger partial charge in [-0.3, -0.25) is 4.79 Å². The van der Waals surface area contributed by atoms with Crippen molar-refractivity contribution in [3.05, 3.63) is 101 Å². The summed E-state index contributed by atoms with van der Waals surface area (Å²) in [5, 5.41) is 10.7. The number of rotatable bonds is 8. The van der Waals surface area contributed by atoms with Crippen LogP contribution in [0.1, 0.15) is 47.8 Å². The van der Waals surface area contributed by atoms with E-state index in [1.165, 1.54) is 16.3 Å². The smallest absolute Gasteiger partial charge is 0.331 e. The molecule has 40 heavy (non-hydrogen) atoms. The molecule has 3 aromatic rings. The molecular weight excluding hydrogens is 528 g/mol. The normalized spacial score (nSPS) is 18.4. The fourth-order valence-corrected chi connectivity index (χ4v) is 6.80. The van der Waals surface area contributed by atoms with Gasteiger partial charge in [-0.1, -0.05) is 87.5 Å². The van der Waals surface area contributed by atoms with Crippen molar-refractivity contribution in [3.63, 3.8) is 0 Å². The predicted molar refractivity (Wildman–Crippen MR) is 154 cm³/mol. The van der Waals surface area contributed by atoms with Gasteiger partial charge in [0.2, 0.25) is 10.0 Å². The number of sulfonamides is 1. The first-order valence-electron chi connectivity index (χ1n) is 13.2. The number of amides is 1. The molecule has 1 atom stereocenters. The van der Waals surface area contributed by atoms with Crippen molar-refractivity contribution in [1.82, 2.24) is 9.21 Å². The molecule has 1 fully saturated rings. The zero-order valence-electron chi connectivity index (χ0n) is 23.3. The minimum Gasteiger partial charge on any atom is -0.496 e. The molecule has 1 N–H and O–H groups in total. The molecule has 212 valence electrons. The quantitative estimate of drug-likeness (QED) is 0.436. The van der Waals surface area contributed by atoms with Gasteiger partial charge < -0.3 is 14.7 Å². The van der Waals surface area contributed by atoms with Crippen LogP contribution < -0.4 is 4.74 Å². The SMILES string of the molecule is COc1cc(C(=O)N2CCN(S(=O)(=O)Cc3ccccc3)CC2(Cc2ccccc2)C(=O)O)ccc1C(C)(C)C. The Balaban J connectivity index is 1.75. The second-order valence-corrected chi connectivity index (χ2v) is 13.2. The third-order valence-electron chi connectivity index (χ3n) is 7.35. The van der Waals surface area contributed by atoms with Gasteiger partial charge in [-0.05, 0) is 34.2 Å². The first kappa shape index (κ1) is 29.3. The minimum absolute atomic E-state index is 0.0120. The largest absolute Gasteiger partial charge is 0.496 e. The number of nitrogens with zero attached hydrogens (tertiary/aromatic N) is 2. The fraction of sp³-hybridized carbons (Fsp3) is 0.355. The average molecular weight is 565 g/mol. The van der Waals surface area contributed by atoms with Crippen molar-refractivity contribution in [1.29, 1.82) is 0 Å². The fourth-order valence-electron chi connectivity index (χ4n) is 5.23. The summed E-state index contributed by atoms with van der Waals surface area (Å²) in [7, 11) is -2.33. The molecule has 1 amide bonds. The van der Waals surface area contributed by atoms with Crippen LogP contribution in [0.2, 0.25) is 0 Å². The van der Waals surface area contributed by atoms with Crippen LogP contribution in [0, 0.1) is 0 Å². The highest BCUT2D eigenvalue weighted by Gasteiger charge is 2.52. The number of carboxylic acids is 1. The molecule has 3 aromatic carbocycles. The maximum atomic E-state index is 14.0. The third-order valence-corrected chi connectivity index (χ3v) is 9.15. The molecule has 0 spiro atoms. The van der Waals surface area contributed by atoms with Gasteiger partial charge in [0.05, 0.1) is 12.9 Å². The summed E-state index contributed by atoms with van der Waals surface area (Å²) < 4.78 is 33.8. The number of methoxy groups -OCH3 is 1. The average Bonchev–Trinajstić information content (AvgIpc) is 2.92. The van der Waals surface area contributed by atoms with E-state index in [9.17, 15) is 23.1 Å². The monoisotopic (exact) mass is 564 g/mol. The number of aliphatic carboxylic acids is 1. The van der Waals surface area contributed by atoms with Crippen LogP contribution in [0.5, 0.6) is 5.75 Å². The number of carbonyl (C=O) groups is 2. The van der Waals surface area contributed by atoms with Gasteiger partial charge in [0, 0.05) is 31.6 Å². The van der Waals surface area contributed by atoms with Gasteiger partial charge in [-0.15, -0.1) is 0 Å². The first-order valence-corrected chi connectivity index (χ1v) is 14.8. The number of ether oxygens (including phenoxy) is 1. The Morgan fingerprint density at radius 3 is 2.08 bits per heavy atom. The van der Waals surface area contributed by atoms with E-state index in [0.717, 1.165) is 5.56 Å². The highest BCUT2D eigenvalue weighted by Crippen LogP contribution is 2.35. The standard InChI is InChI=1S/C31H36N2O6S/c1-30(2,3)26-16-15-25(19-27(26)39-4)28(34)33-18-17-32(40(37,38)21-24-13-9-6-10-14-24)22-31(33,29(35)36)20-23-11-7-5-8-12-23/h5-16,19H,17-18,20-22H2,1-4H3,(H,35,36). The van der Waals surface area contributed by atoms with E-state index < -0.39 is 27.4 Å². The Bertz CT molecular complexity index is 1470. The molecule has 9 heteroatoms. The van der Waals surface area contributed by atoms with Gasteiger partial charge in [-0.25, -0.2) is 13.2 Å². The maximum absolute atomic E-state index is 14.0. The van der Waals surface area contributed by atoms with Crippen LogP contribution in [0.15, 0.2) is 78.9 Å². The second-order valence-electron chi connectivity index (χ2n) is 11.2. The van der Waals surface area contributed by atoms with Crippen LogP contribution in [0.25, 0.3) is 0 Å². The van der Waals surface area contributed by atoms with Crippen LogP contribution in [0.4, 0.5) is 0 Å². The molecule has 0 aliphatic carbocycles. The Hall–Kier alpha value is -3.69. The molecule has 4 rings (SSSR count). The van der Waals surface area contributed by atoms with Crippen LogP contribution >= 0.6 is 0 Å². The Labute approximate surface area is 236 Å². The second kappa shape index (κ2) is 11.4. The van der Waals surface area contributed by atoms with Crippen molar-refractivity contribution in [3.8, 4) is 5.75 Å². The third kappa shape index (κ3) is 6.05. The Kier molecular flexibility index (Phi) is 8.37. The lowest BCUT2D eigenvalue weighted by atomic mass is 9.84. The van der Waals surface area contributed by atoms with Gasteiger partial charge in [0.25, 0.3) is 5.91 Å². The number of benzene rings is 3. The maximum Gasteiger partial charge on any atom is 0.331 e. The highest BCUT2D eigenvalue weighted by molar-refractivity contribution is 7.88. The van der Waals surface area contributed by atoms with E-state index in [2.05, 4.69) is 0 Å². The van der Waals surface area contributed by atoms with Crippen molar-refractivity contribution in [2.45, 2.75) is 43.9 Å². The van der Waals surface area contributed by atoms with Crippen molar-refractivity contribution in [2.75, 3.05) is 26.7 Å². The lowest BCUT2D eigenvalue weighted by Crippen LogP contribution is -2.69. The van der Waals surface area contributed by atoms with Crippen molar-refractivity contribution < 1.29 is 27.9 Å². The van der Waals surface area contributed by atoms with E-state index >= 15 is 0 Å². The van der Waals surface area contributed by atoms with E-state index in [1.54, 1.807) is 66.7 Å². The van der Waals surface area contributed by atoms with Crippen LogP contribution in [0.3, 0.4) is 0 Å². The van der Waals surface area contributed by atoms with Crippen LogP contribution in [-0.4, -0.2) is 66.9 Å².